The molecule has 0 fully saturated rings. The molecule has 8 heteroatoms. The normalized spacial score (nSPS) is 10.5. The Bertz CT molecular complexity index is 1170. The SMILES string of the molecule is Cc1nc(Oc2ccc(NC(=O)COc3ccccc3C)cc2)cc(-n2cccn2)n1. The van der Waals surface area contributed by atoms with Gasteiger partial charge in [-0.3, -0.25) is 4.79 Å². The molecular weight excluding hydrogens is 394 g/mol. The van der Waals surface area contributed by atoms with Crippen molar-refractivity contribution in [3.63, 3.8) is 0 Å². The van der Waals surface area contributed by atoms with Gasteiger partial charge in [0.05, 0.1) is 0 Å². The summed E-state index contributed by atoms with van der Waals surface area (Å²) in [5.74, 6) is 2.62. The Labute approximate surface area is 179 Å². The zero-order valence-electron chi connectivity index (χ0n) is 17.1. The first-order valence-electron chi connectivity index (χ1n) is 9.69. The van der Waals surface area contributed by atoms with E-state index in [4.69, 9.17) is 9.47 Å². The topological polar surface area (TPSA) is 91.2 Å². The van der Waals surface area contributed by atoms with E-state index in [2.05, 4.69) is 20.4 Å². The van der Waals surface area contributed by atoms with Gasteiger partial charge in [0, 0.05) is 24.1 Å². The van der Waals surface area contributed by atoms with Gasteiger partial charge in [-0.2, -0.15) is 10.1 Å². The molecular formula is C23H21N5O3. The molecule has 156 valence electrons. The van der Waals surface area contributed by atoms with E-state index in [9.17, 15) is 4.79 Å². The van der Waals surface area contributed by atoms with Crippen LogP contribution in [0.4, 0.5) is 5.69 Å². The fourth-order valence-electron chi connectivity index (χ4n) is 2.89. The smallest absolute Gasteiger partial charge is 0.262 e. The van der Waals surface area contributed by atoms with Crippen molar-refractivity contribution in [3.8, 4) is 23.2 Å². The van der Waals surface area contributed by atoms with Gasteiger partial charge in [-0.1, -0.05) is 18.2 Å². The molecule has 2 aromatic carbocycles. The molecule has 1 N–H and O–H groups in total. The number of amides is 1. The molecule has 2 aromatic heterocycles. The van der Waals surface area contributed by atoms with Crippen LogP contribution in [0, 0.1) is 13.8 Å². The number of rotatable bonds is 7. The van der Waals surface area contributed by atoms with Gasteiger partial charge in [0.2, 0.25) is 5.88 Å². The Balaban J connectivity index is 1.36. The first kappa shape index (κ1) is 20.1. The average Bonchev–Trinajstić information content (AvgIpc) is 3.29. The minimum atomic E-state index is -0.243. The summed E-state index contributed by atoms with van der Waals surface area (Å²) < 4.78 is 13.1. The maximum Gasteiger partial charge on any atom is 0.262 e. The average molecular weight is 415 g/mol. The van der Waals surface area contributed by atoms with Crippen molar-refractivity contribution in [1.29, 1.82) is 0 Å². The van der Waals surface area contributed by atoms with Crippen LogP contribution >= 0.6 is 0 Å². The molecule has 4 rings (SSSR count). The van der Waals surface area contributed by atoms with Gasteiger partial charge in [0.15, 0.2) is 12.4 Å². The molecule has 0 spiro atoms. The Hall–Kier alpha value is -4.20. The van der Waals surface area contributed by atoms with Gasteiger partial charge < -0.3 is 14.8 Å². The Kier molecular flexibility index (Phi) is 5.89. The van der Waals surface area contributed by atoms with Gasteiger partial charge in [-0.25, -0.2) is 9.67 Å². The second kappa shape index (κ2) is 9.08. The number of anilines is 1. The first-order chi connectivity index (χ1) is 15.1. The molecule has 0 aliphatic carbocycles. The zero-order valence-corrected chi connectivity index (χ0v) is 17.1. The van der Waals surface area contributed by atoms with E-state index < -0.39 is 0 Å². The molecule has 0 aliphatic rings. The summed E-state index contributed by atoms with van der Waals surface area (Å²) in [6.07, 6.45) is 3.48. The third kappa shape index (κ3) is 5.24. The number of nitrogens with zero attached hydrogens (tertiary/aromatic N) is 4. The van der Waals surface area contributed by atoms with Crippen molar-refractivity contribution >= 4 is 11.6 Å². The lowest BCUT2D eigenvalue weighted by atomic mass is 10.2. The number of ether oxygens (including phenoxy) is 2. The number of hydrogen-bond acceptors (Lipinski definition) is 6. The number of carbonyl (C=O) groups is 1. The van der Waals surface area contributed by atoms with E-state index >= 15 is 0 Å². The third-order valence-electron chi connectivity index (χ3n) is 4.35. The molecule has 31 heavy (non-hydrogen) atoms. The number of para-hydroxylation sites is 1. The largest absolute Gasteiger partial charge is 0.483 e. The monoisotopic (exact) mass is 415 g/mol. The van der Waals surface area contributed by atoms with Crippen molar-refractivity contribution in [3.05, 3.63) is 84.4 Å². The van der Waals surface area contributed by atoms with Crippen LogP contribution in [0.15, 0.2) is 73.1 Å². The van der Waals surface area contributed by atoms with Crippen molar-refractivity contribution in [1.82, 2.24) is 19.7 Å². The Morgan fingerprint density at radius 1 is 1.03 bits per heavy atom. The number of benzene rings is 2. The molecule has 0 bridgehead atoms. The van der Waals surface area contributed by atoms with Gasteiger partial charge in [-0.05, 0) is 55.8 Å². The number of hydrogen-bond donors (Lipinski definition) is 1. The van der Waals surface area contributed by atoms with E-state index in [1.807, 2.05) is 37.3 Å². The second-order valence-corrected chi connectivity index (χ2v) is 6.79. The van der Waals surface area contributed by atoms with E-state index in [0.717, 1.165) is 5.56 Å². The van der Waals surface area contributed by atoms with Crippen LogP contribution in [-0.2, 0) is 4.79 Å². The lowest BCUT2D eigenvalue weighted by Crippen LogP contribution is -2.20. The van der Waals surface area contributed by atoms with Crippen LogP contribution in [-0.4, -0.2) is 32.3 Å². The van der Waals surface area contributed by atoms with E-state index in [1.54, 1.807) is 54.3 Å². The zero-order chi connectivity index (χ0) is 21.6. The number of aryl methyl sites for hydroxylation is 2. The lowest BCUT2D eigenvalue weighted by molar-refractivity contribution is -0.118. The van der Waals surface area contributed by atoms with Crippen molar-refractivity contribution in [2.45, 2.75) is 13.8 Å². The highest BCUT2D eigenvalue weighted by Crippen LogP contribution is 2.23. The van der Waals surface area contributed by atoms with Crippen LogP contribution in [0.3, 0.4) is 0 Å². The molecule has 0 saturated carbocycles. The van der Waals surface area contributed by atoms with Crippen molar-refractivity contribution in [2.75, 3.05) is 11.9 Å². The van der Waals surface area contributed by atoms with Gasteiger partial charge in [0.25, 0.3) is 5.91 Å². The summed E-state index contributed by atoms with van der Waals surface area (Å²) in [6.45, 7) is 3.65. The maximum atomic E-state index is 12.2. The summed E-state index contributed by atoms with van der Waals surface area (Å²) >= 11 is 0. The summed E-state index contributed by atoms with van der Waals surface area (Å²) in [6, 6.07) is 18.1. The summed E-state index contributed by atoms with van der Waals surface area (Å²) in [4.78, 5) is 20.8. The van der Waals surface area contributed by atoms with Crippen molar-refractivity contribution in [2.24, 2.45) is 0 Å². The highest BCUT2D eigenvalue weighted by atomic mass is 16.5. The molecule has 0 aliphatic heterocycles. The highest BCUT2D eigenvalue weighted by molar-refractivity contribution is 5.91. The van der Waals surface area contributed by atoms with Crippen LogP contribution in [0.5, 0.6) is 17.4 Å². The molecule has 4 aromatic rings. The van der Waals surface area contributed by atoms with E-state index in [-0.39, 0.29) is 12.5 Å². The summed E-state index contributed by atoms with van der Waals surface area (Å²) in [5, 5.41) is 6.98. The quantitative estimate of drug-likeness (QED) is 0.489. The minimum Gasteiger partial charge on any atom is -0.483 e. The van der Waals surface area contributed by atoms with Crippen LogP contribution in [0.1, 0.15) is 11.4 Å². The fraction of sp³-hybridized carbons (Fsp3) is 0.130. The molecule has 0 unspecified atom stereocenters. The highest BCUT2D eigenvalue weighted by Gasteiger charge is 2.08. The van der Waals surface area contributed by atoms with Crippen LogP contribution < -0.4 is 14.8 Å². The first-order valence-corrected chi connectivity index (χ1v) is 9.69. The fourth-order valence-corrected chi connectivity index (χ4v) is 2.89. The summed E-state index contributed by atoms with van der Waals surface area (Å²) in [5.41, 5.74) is 1.62. The van der Waals surface area contributed by atoms with Gasteiger partial charge in [0.1, 0.15) is 17.3 Å². The minimum absolute atomic E-state index is 0.0699. The number of carbonyl (C=O) groups excluding carboxylic acids is 1. The predicted molar refractivity (Wildman–Crippen MR) is 116 cm³/mol. The van der Waals surface area contributed by atoms with Crippen LogP contribution in [0.2, 0.25) is 0 Å². The summed E-state index contributed by atoms with van der Waals surface area (Å²) in [7, 11) is 0. The number of aromatic nitrogens is 4. The van der Waals surface area contributed by atoms with Crippen molar-refractivity contribution < 1.29 is 14.3 Å². The van der Waals surface area contributed by atoms with E-state index in [1.165, 1.54) is 0 Å². The Morgan fingerprint density at radius 3 is 2.58 bits per heavy atom. The lowest BCUT2D eigenvalue weighted by Gasteiger charge is -2.10. The van der Waals surface area contributed by atoms with Gasteiger partial charge >= 0.3 is 0 Å². The molecule has 2 heterocycles. The predicted octanol–water partition coefficient (Wildman–Crippen LogP) is 4.09. The number of nitrogens with one attached hydrogen (secondary N) is 1. The van der Waals surface area contributed by atoms with E-state index in [0.29, 0.717) is 34.7 Å². The molecule has 0 atom stereocenters. The third-order valence-corrected chi connectivity index (χ3v) is 4.35. The molecule has 0 radical (unpaired) electrons. The van der Waals surface area contributed by atoms with Gasteiger partial charge in [-0.15, -0.1) is 0 Å². The molecule has 1 amide bonds. The molecule has 8 nitrogen and oxygen atoms in total. The van der Waals surface area contributed by atoms with Crippen LogP contribution in [0.25, 0.3) is 5.82 Å². The standard InChI is InChI=1S/C23H21N5O3/c1-16-6-3-4-7-20(16)30-15-22(29)27-18-8-10-19(11-9-18)31-23-14-21(25-17(2)26-23)28-13-5-12-24-28/h3-14H,15H2,1-2H3,(H,27,29). The second-order valence-electron chi connectivity index (χ2n) is 6.79. The molecule has 0 saturated heterocycles. The Morgan fingerprint density at radius 2 is 1.84 bits per heavy atom. The maximum absolute atomic E-state index is 12.2.